The Morgan fingerprint density at radius 3 is 2.47 bits per heavy atom. The van der Waals surface area contributed by atoms with Gasteiger partial charge in [-0.2, -0.15) is 0 Å². The zero-order valence-corrected chi connectivity index (χ0v) is 10.9. The highest BCUT2D eigenvalue weighted by atomic mass is 16.4. The van der Waals surface area contributed by atoms with E-state index in [0.29, 0.717) is 6.42 Å². The van der Waals surface area contributed by atoms with Crippen LogP contribution in [0.25, 0.3) is 0 Å². The fourth-order valence-electron chi connectivity index (χ4n) is 1.91. The number of carbonyl (C=O) groups is 1. The maximum Gasteiger partial charge on any atom is 0.218 e. The minimum absolute atomic E-state index is 0.0887. The SMILES string of the molecule is CC(CC(N)=O)NC(C/C(N)=N/O)c1ccccc1. The van der Waals surface area contributed by atoms with E-state index in [4.69, 9.17) is 16.7 Å². The van der Waals surface area contributed by atoms with Crippen molar-refractivity contribution in [1.29, 1.82) is 0 Å². The lowest BCUT2D eigenvalue weighted by Crippen LogP contribution is -2.36. The number of benzene rings is 1. The minimum Gasteiger partial charge on any atom is -0.409 e. The van der Waals surface area contributed by atoms with E-state index in [2.05, 4.69) is 10.5 Å². The normalized spacial score (nSPS) is 14.9. The number of rotatable bonds is 7. The van der Waals surface area contributed by atoms with Crippen LogP contribution in [0.3, 0.4) is 0 Å². The summed E-state index contributed by atoms with van der Waals surface area (Å²) >= 11 is 0. The average molecular weight is 264 g/mol. The molecule has 2 atom stereocenters. The molecule has 0 aliphatic rings. The van der Waals surface area contributed by atoms with Gasteiger partial charge >= 0.3 is 0 Å². The van der Waals surface area contributed by atoms with Crippen molar-refractivity contribution in [3.8, 4) is 0 Å². The molecule has 1 aromatic rings. The molecule has 6 heteroatoms. The predicted molar refractivity (Wildman–Crippen MR) is 73.6 cm³/mol. The van der Waals surface area contributed by atoms with Crippen LogP contribution in [0.2, 0.25) is 0 Å². The van der Waals surface area contributed by atoms with E-state index in [9.17, 15) is 4.79 Å². The second-order valence-corrected chi connectivity index (χ2v) is 4.50. The van der Waals surface area contributed by atoms with E-state index in [1.807, 2.05) is 37.3 Å². The Kier molecular flexibility index (Phi) is 5.81. The Morgan fingerprint density at radius 2 is 1.95 bits per heavy atom. The molecule has 0 aliphatic heterocycles. The molecule has 104 valence electrons. The molecule has 0 saturated carbocycles. The van der Waals surface area contributed by atoms with E-state index in [1.54, 1.807) is 0 Å². The second kappa shape index (κ2) is 7.38. The minimum atomic E-state index is -0.365. The van der Waals surface area contributed by atoms with Gasteiger partial charge in [-0.15, -0.1) is 0 Å². The molecule has 0 bridgehead atoms. The van der Waals surface area contributed by atoms with Crippen LogP contribution in [0, 0.1) is 0 Å². The number of amidine groups is 1. The molecule has 6 nitrogen and oxygen atoms in total. The Labute approximate surface area is 112 Å². The predicted octanol–water partition coefficient (Wildman–Crippen LogP) is 0.718. The molecule has 1 amide bonds. The van der Waals surface area contributed by atoms with E-state index in [0.717, 1.165) is 5.56 Å². The summed E-state index contributed by atoms with van der Waals surface area (Å²) in [5, 5.41) is 14.9. The Bertz CT molecular complexity index is 434. The number of nitrogens with zero attached hydrogens (tertiary/aromatic N) is 1. The van der Waals surface area contributed by atoms with Crippen molar-refractivity contribution >= 4 is 11.7 Å². The molecule has 6 N–H and O–H groups in total. The summed E-state index contributed by atoms with van der Waals surface area (Å²) in [5.41, 5.74) is 11.7. The summed E-state index contributed by atoms with van der Waals surface area (Å²) < 4.78 is 0. The summed E-state index contributed by atoms with van der Waals surface area (Å²) in [4.78, 5) is 10.9. The fourth-order valence-corrected chi connectivity index (χ4v) is 1.91. The van der Waals surface area contributed by atoms with Crippen molar-refractivity contribution in [3.05, 3.63) is 35.9 Å². The van der Waals surface area contributed by atoms with E-state index in [1.165, 1.54) is 0 Å². The molecular weight excluding hydrogens is 244 g/mol. The number of amides is 1. The van der Waals surface area contributed by atoms with Crippen LogP contribution < -0.4 is 16.8 Å². The van der Waals surface area contributed by atoms with E-state index in [-0.39, 0.29) is 30.2 Å². The lowest BCUT2D eigenvalue weighted by Gasteiger charge is -2.22. The zero-order chi connectivity index (χ0) is 14.3. The van der Waals surface area contributed by atoms with Crippen molar-refractivity contribution in [1.82, 2.24) is 5.32 Å². The van der Waals surface area contributed by atoms with Crippen LogP contribution in [-0.4, -0.2) is 23.0 Å². The summed E-state index contributed by atoms with van der Waals surface area (Å²) in [6.45, 7) is 1.87. The zero-order valence-electron chi connectivity index (χ0n) is 10.9. The Balaban J connectivity index is 2.78. The summed E-state index contributed by atoms with van der Waals surface area (Å²) in [6, 6.07) is 9.40. The fraction of sp³-hybridized carbons (Fsp3) is 0.385. The van der Waals surface area contributed by atoms with E-state index < -0.39 is 0 Å². The molecule has 0 aromatic heterocycles. The topological polar surface area (TPSA) is 114 Å². The van der Waals surface area contributed by atoms with Crippen LogP contribution >= 0.6 is 0 Å². The molecule has 0 saturated heterocycles. The maximum absolute atomic E-state index is 10.9. The van der Waals surface area contributed by atoms with Crippen LogP contribution in [0.5, 0.6) is 0 Å². The van der Waals surface area contributed by atoms with Crippen molar-refractivity contribution in [2.45, 2.75) is 31.8 Å². The Hall–Kier alpha value is -2.08. The maximum atomic E-state index is 10.9. The van der Waals surface area contributed by atoms with Gasteiger partial charge in [0.1, 0.15) is 5.84 Å². The smallest absolute Gasteiger partial charge is 0.218 e. The third-order valence-electron chi connectivity index (χ3n) is 2.74. The van der Waals surface area contributed by atoms with E-state index >= 15 is 0 Å². The number of nitrogens with two attached hydrogens (primary N) is 2. The van der Waals surface area contributed by atoms with Crippen LogP contribution in [-0.2, 0) is 4.79 Å². The number of hydrogen-bond acceptors (Lipinski definition) is 4. The van der Waals surface area contributed by atoms with Gasteiger partial charge in [0.2, 0.25) is 5.91 Å². The lowest BCUT2D eigenvalue weighted by atomic mass is 10.0. The Morgan fingerprint density at radius 1 is 1.32 bits per heavy atom. The molecule has 0 aliphatic carbocycles. The molecule has 1 rings (SSSR count). The second-order valence-electron chi connectivity index (χ2n) is 4.50. The summed E-state index contributed by atoms with van der Waals surface area (Å²) in [6.07, 6.45) is 0.586. The van der Waals surface area contributed by atoms with Gasteiger partial charge in [-0.25, -0.2) is 0 Å². The van der Waals surface area contributed by atoms with Crippen LogP contribution in [0.1, 0.15) is 31.4 Å². The van der Waals surface area contributed by atoms with Gasteiger partial charge in [-0.3, -0.25) is 4.79 Å². The van der Waals surface area contributed by atoms with Gasteiger partial charge in [0.25, 0.3) is 0 Å². The van der Waals surface area contributed by atoms with Crippen molar-refractivity contribution in [2.24, 2.45) is 16.6 Å². The van der Waals surface area contributed by atoms with Gasteiger partial charge < -0.3 is 22.0 Å². The molecule has 0 heterocycles. The molecule has 0 radical (unpaired) electrons. The highest BCUT2D eigenvalue weighted by Gasteiger charge is 2.17. The van der Waals surface area contributed by atoms with Gasteiger partial charge in [0.15, 0.2) is 0 Å². The first-order valence-corrected chi connectivity index (χ1v) is 6.08. The van der Waals surface area contributed by atoms with Gasteiger partial charge in [-0.05, 0) is 12.5 Å². The lowest BCUT2D eigenvalue weighted by molar-refractivity contribution is -0.118. The summed E-state index contributed by atoms with van der Waals surface area (Å²) in [7, 11) is 0. The molecule has 0 fully saturated rings. The standard InChI is InChI=1S/C13H20N4O2/c1-9(7-13(15)18)16-11(8-12(14)17-19)10-5-3-2-4-6-10/h2-6,9,11,16,19H,7-8H2,1H3,(H2,14,17)(H2,15,18). The molecule has 2 unspecified atom stereocenters. The van der Waals surface area contributed by atoms with Crippen molar-refractivity contribution < 1.29 is 10.0 Å². The number of nitrogens with one attached hydrogen (secondary N) is 1. The van der Waals surface area contributed by atoms with Gasteiger partial charge in [0.05, 0.1) is 0 Å². The van der Waals surface area contributed by atoms with Crippen LogP contribution in [0.15, 0.2) is 35.5 Å². The van der Waals surface area contributed by atoms with Crippen molar-refractivity contribution in [3.63, 3.8) is 0 Å². The van der Waals surface area contributed by atoms with Gasteiger partial charge in [0, 0.05) is 24.9 Å². The highest BCUT2D eigenvalue weighted by molar-refractivity contribution is 5.80. The number of hydrogen-bond donors (Lipinski definition) is 4. The molecule has 1 aromatic carbocycles. The average Bonchev–Trinajstić information content (AvgIpc) is 2.37. The number of oxime groups is 1. The first kappa shape index (κ1) is 15.0. The first-order chi connectivity index (χ1) is 9.02. The molecule has 0 spiro atoms. The number of primary amides is 1. The first-order valence-electron chi connectivity index (χ1n) is 6.08. The van der Waals surface area contributed by atoms with Crippen molar-refractivity contribution in [2.75, 3.05) is 0 Å². The quantitative estimate of drug-likeness (QED) is 0.251. The molecule has 19 heavy (non-hydrogen) atoms. The van der Waals surface area contributed by atoms with Gasteiger partial charge in [-0.1, -0.05) is 35.5 Å². The summed E-state index contributed by atoms with van der Waals surface area (Å²) in [5.74, 6) is -0.233. The number of carbonyl (C=O) groups excluding carboxylic acids is 1. The third kappa shape index (κ3) is 5.39. The third-order valence-corrected chi connectivity index (χ3v) is 2.74. The highest BCUT2D eigenvalue weighted by Crippen LogP contribution is 2.17. The monoisotopic (exact) mass is 264 g/mol. The largest absolute Gasteiger partial charge is 0.409 e. The van der Waals surface area contributed by atoms with Crippen LogP contribution in [0.4, 0.5) is 0 Å². The molecular formula is C13H20N4O2.